The van der Waals surface area contributed by atoms with Crippen LogP contribution in [0.5, 0.6) is 5.75 Å². The molecule has 10 heteroatoms. The second kappa shape index (κ2) is 12.8. The van der Waals surface area contributed by atoms with Gasteiger partial charge in [-0.15, -0.1) is 11.3 Å². The Hall–Kier alpha value is -3.47. The standard InChI is InChI=1S/C30H37NO8S/c1-5-7-19-10-11-22-20(14-19)8-6-9-23(22)39-29(4,27-21(18(2)3)12-13-40-27)15-24(31)38-26(34)17-30(37,28(35)36)16-25(32)33/h6,8-14,18,24,37H,5,7,15-17,31H2,1-4H3,(H,32,33)(H,35,36). The second-order valence-corrected chi connectivity index (χ2v) is 11.5. The van der Waals surface area contributed by atoms with Crippen molar-refractivity contribution in [1.29, 1.82) is 0 Å². The minimum absolute atomic E-state index is 0.00765. The fourth-order valence-electron chi connectivity index (χ4n) is 4.80. The number of hydrogen-bond acceptors (Lipinski definition) is 8. The predicted molar refractivity (Wildman–Crippen MR) is 152 cm³/mol. The number of ether oxygens (including phenoxy) is 2. The Morgan fingerprint density at radius 2 is 1.80 bits per heavy atom. The lowest BCUT2D eigenvalue weighted by Gasteiger charge is -2.34. The highest BCUT2D eigenvalue weighted by atomic mass is 32.1. The van der Waals surface area contributed by atoms with Gasteiger partial charge in [-0.25, -0.2) is 4.79 Å². The van der Waals surface area contributed by atoms with E-state index in [4.69, 9.17) is 20.3 Å². The summed E-state index contributed by atoms with van der Waals surface area (Å²) in [6.45, 7) is 8.12. The van der Waals surface area contributed by atoms with Gasteiger partial charge in [0.1, 0.15) is 11.4 Å². The van der Waals surface area contributed by atoms with E-state index in [0.29, 0.717) is 5.75 Å². The molecule has 9 nitrogen and oxygen atoms in total. The number of thiophene rings is 1. The number of aryl methyl sites for hydroxylation is 1. The number of carbonyl (C=O) groups is 3. The summed E-state index contributed by atoms with van der Waals surface area (Å²) in [5, 5.41) is 32.4. The lowest BCUT2D eigenvalue weighted by atomic mass is 9.91. The number of esters is 1. The van der Waals surface area contributed by atoms with E-state index >= 15 is 0 Å². The number of carboxylic acid groups (broad SMARTS) is 2. The van der Waals surface area contributed by atoms with Crippen molar-refractivity contribution in [2.45, 2.75) is 83.1 Å². The van der Waals surface area contributed by atoms with Gasteiger partial charge < -0.3 is 24.8 Å². The van der Waals surface area contributed by atoms with Gasteiger partial charge in [-0.3, -0.25) is 15.3 Å². The van der Waals surface area contributed by atoms with Crippen LogP contribution in [0.4, 0.5) is 0 Å². The van der Waals surface area contributed by atoms with Crippen molar-refractivity contribution in [3.05, 3.63) is 63.8 Å². The smallest absolute Gasteiger partial charge is 0.336 e. The molecule has 0 aliphatic rings. The van der Waals surface area contributed by atoms with E-state index < -0.39 is 48.2 Å². The molecule has 0 saturated heterocycles. The number of fused-ring (bicyclic) bond motifs is 1. The summed E-state index contributed by atoms with van der Waals surface area (Å²) >= 11 is 1.50. The molecule has 0 radical (unpaired) electrons. The van der Waals surface area contributed by atoms with Crippen LogP contribution in [0.3, 0.4) is 0 Å². The SMILES string of the molecule is CCCc1ccc2c(OC(C)(CC(N)OC(=O)CC(O)(CC(=O)O)C(=O)O)c3sccc3C(C)C)cccc2c1. The first-order valence-corrected chi connectivity index (χ1v) is 14.1. The van der Waals surface area contributed by atoms with E-state index in [1.807, 2.05) is 42.6 Å². The lowest BCUT2D eigenvalue weighted by molar-refractivity contribution is -0.174. The van der Waals surface area contributed by atoms with Gasteiger partial charge in [-0.1, -0.05) is 57.5 Å². The number of benzene rings is 2. The maximum Gasteiger partial charge on any atom is 0.336 e. The predicted octanol–water partition coefficient (Wildman–Crippen LogP) is 5.17. The number of rotatable bonds is 14. The molecule has 0 spiro atoms. The van der Waals surface area contributed by atoms with Crippen LogP contribution in [-0.2, 0) is 31.1 Å². The van der Waals surface area contributed by atoms with Gasteiger partial charge in [0.25, 0.3) is 0 Å². The van der Waals surface area contributed by atoms with Gasteiger partial charge in [-0.2, -0.15) is 0 Å². The first-order chi connectivity index (χ1) is 18.8. The highest BCUT2D eigenvalue weighted by Crippen LogP contribution is 2.42. The summed E-state index contributed by atoms with van der Waals surface area (Å²) < 4.78 is 12.0. The average molecular weight is 572 g/mol. The Morgan fingerprint density at radius 3 is 2.42 bits per heavy atom. The maximum absolute atomic E-state index is 12.6. The molecule has 0 aliphatic carbocycles. The molecule has 5 N–H and O–H groups in total. The summed E-state index contributed by atoms with van der Waals surface area (Å²) in [6.07, 6.45) is -1.47. The van der Waals surface area contributed by atoms with E-state index in [0.717, 1.165) is 34.1 Å². The molecule has 40 heavy (non-hydrogen) atoms. The van der Waals surface area contributed by atoms with Crippen molar-refractivity contribution in [1.82, 2.24) is 0 Å². The molecular formula is C30H37NO8S. The molecule has 0 fully saturated rings. The maximum atomic E-state index is 12.6. The zero-order chi connectivity index (χ0) is 29.7. The summed E-state index contributed by atoms with van der Waals surface area (Å²) in [4.78, 5) is 36.0. The highest BCUT2D eigenvalue weighted by Gasteiger charge is 2.43. The zero-order valence-electron chi connectivity index (χ0n) is 23.2. The Morgan fingerprint density at radius 1 is 1.07 bits per heavy atom. The molecule has 0 aliphatic heterocycles. The number of aliphatic carboxylic acids is 2. The van der Waals surface area contributed by atoms with Crippen molar-refractivity contribution < 1.29 is 39.2 Å². The Kier molecular flexibility index (Phi) is 9.94. The third kappa shape index (κ3) is 7.38. The highest BCUT2D eigenvalue weighted by molar-refractivity contribution is 7.10. The summed E-state index contributed by atoms with van der Waals surface area (Å²) in [6, 6.07) is 14.1. The van der Waals surface area contributed by atoms with Crippen LogP contribution < -0.4 is 10.5 Å². The van der Waals surface area contributed by atoms with Crippen molar-refractivity contribution in [2.75, 3.05) is 0 Å². The Bertz CT molecular complexity index is 1370. The number of hydrogen-bond donors (Lipinski definition) is 4. The first-order valence-electron chi connectivity index (χ1n) is 13.2. The molecule has 1 aromatic heterocycles. The number of carbonyl (C=O) groups excluding carboxylic acids is 1. The first kappa shape index (κ1) is 31.1. The lowest BCUT2D eigenvalue weighted by Crippen LogP contribution is -2.45. The molecule has 0 amide bonds. The summed E-state index contributed by atoms with van der Waals surface area (Å²) in [5.41, 5.74) is 4.66. The minimum Gasteiger partial charge on any atom is -0.481 e. The quantitative estimate of drug-likeness (QED) is 0.151. The molecule has 0 bridgehead atoms. The van der Waals surface area contributed by atoms with Crippen LogP contribution in [0.1, 0.15) is 75.3 Å². The van der Waals surface area contributed by atoms with Crippen molar-refractivity contribution in [3.63, 3.8) is 0 Å². The Balaban J connectivity index is 1.92. The van der Waals surface area contributed by atoms with E-state index in [1.54, 1.807) is 0 Å². The second-order valence-electron chi connectivity index (χ2n) is 10.6. The molecule has 3 rings (SSSR count). The van der Waals surface area contributed by atoms with Crippen molar-refractivity contribution >= 4 is 40.0 Å². The molecule has 2 aromatic carbocycles. The third-order valence-corrected chi connectivity index (χ3v) is 7.90. The van der Waals surface area contributed by atoms with Gasteiger partial charge >= 0.3 is 17.9 Å². The summed E-state index contributed by atoms with van der Waals surface area (Å²) in [7, 11) is 0. The van der Waals surface area contributed by atoms with Gasteiger partial charge in [0.05, 0.1) is 17.7 Å². The molecule has 3 unspecified atom stereocenters. The fourth-order valence-corrected chi connectivity index (χ4v) is 5.97. The van der Waals surface area contributed by atoms with Crippen molar-refractivity contribution in [3.8, 4) is 5.75 Å². The molecular weight excluding hydrogens is 534 g/mol. The van der Waals surface area contributed by atoms with E-state index in [-0.39, 0.29) is 12.3 Å². The number of carboxylic acids is 2. The number of aliphatic hydroxyl groups is 1. The van der Waals surface area contributed by atoms with E-state index in [9.17, 15) is 24.6 Å². The molecule has 3 atom stereocenters. The van der Waals surface area contributed by atoms with E-state index in [2.05, 4.69) is 32.9 Å². The van der Waals surface area contributed by atoms with Gasteiger partial charge in [-0.05, 0) is 53.3 Å². The van der Waals surface area contributed by atoms with Gasteiger partial charge in [0.15, 0.2) is 11.8 Å². The minimum atomic E-state index is -2.82. The summed E-state index contributed by atoms with van der Waals surface area (Å²) in [5.74, 6) is -3.74. The van der Waals surface area contributed by atoms with Gasteiger partial charge in [0, 0.05) is 11.8 Å². The van der Waals surface area contributed by atoms with Crippen LogP contribution in [0.2, 0.25) is 0 Å². The van der Waals surface area contributed by atoms with Crippen LogP contribution >= 0.6 is 11.3 Å². The molecule has 0 saturated carbocycles. The van der Waals surface area contributed by atoms with E-state index in [1.165, 1.54) is 16.9 Å². The van der Waals surface area contributed by atoms with Crippen molar-refractivity contribution in [2.24, 2.45) is 5.73 Å². The van der Waals surface area contributed by atoms with Crippen LogP contribution in [0, 0.1) is 0 Å². The molecule has 1 heterocycles. The average Bonchev–Trinajstić information content (AvgIpc) is 3.35. The van der Waals surface area contributed by atoms with Crippen LogP contribution in [0.15, 0.2) is 47.8 Å². The Labute approximate surface area is 237 Å². The topological polar surface area (TPSA) is 156 Å². The monoisotopic (exact) mass is 571 g/mol. The largest absolute Gasteiger partial charge is 0.481 e. The van der Waals surface area contributed by atoms with Crippen LogP contribution in [0.25, 0.3) is 10.8 Å². The molecule has 3 aromatic rings. The fraction of sp³-hybridized carbons (Fsp3) is 0.433. The van der Waals surface area contributed by atoms with Gasteiger partial charge in [0.2, 0.25) is 0 Å². The third-order valence-electron chi connectivity index (χ3n) is 6.73. The van der Waals surface area contributed by atoms with Crippen LogP contribution in [-0.4, -0.2) is 45.1 Å². The molecule has 216 valence electrons. The zero-order valence-corrected chi connectivity index (χ0v) is 24.0. The normalized spacial score (nSPS) is 15.3. The number of nitrogens with two attached hydrogens (primary N) is 1.